The lowest BCUT2D eigenvalue weighted by Gasteiger charge is -2.20. The summed E-state index contributed by atoms with van der Waals surface area (Å²) in [4.78, 5) is 25.6. The highest BCUT2D eigenvalue weighted by Crippen LogP contribution is 2.23. The average Bonchev–Trinajstić information content (AvgIpc) is 2.71. The molecule has 0 aromatic rings. The highest BCUT2D eigenvalue weighted by Gasteiger charge is 2.27. The van der Waals surface area contributed by atoms with Gasteiger partial charge in [-0.1, -0.05) is 34.6 Å². The molecule has 1 aliphatic rings. The summed E-state index contributed by atoms with van der Waals surface area (Å²) in [6.45, 7) is 11.8. The van der Waals surface area contributed by atoms with Crippen LogP contribution in [0.3, 0.4) is 0 Å². The van der Waals surface area contributed by atoms with Gasteiger partial charge in [-0.05, 0) is 24.7 Å². The highest BCUT2D eigenvalue weighted by molar-refractivity contribution is 5.87. The first-order chi connectivity index (χ1) is 8.70. The lowest BCUT2D eigenvalue weighted by atomic mass is 9.96. The van der Waals surface area contributed by atoms with E-state index in [1.807, 2.05) is 25.7 Å². The minimum absolute atomic E-state index is 0.0452. The number of carbonyl (C=O) groups is 2. The standard InChI is InChI=1S/C15H28N2O2/c1-11(2)8-12-6-7-17(10-12)13(18)9-16-14(19)15(3,4)5/h11-12H,6-10H2,1-5H3,(H,16,19)/t12-/m1/s1. The van der Waals surface area contributed by atoms with E-state index in [0.29, 0.717) is 11.8 Å². The van der Waals surface area contributed by atoms with Gasteiger partial charge in [0.15, 0.2) is 0 Å². The van der Waals surface area contributed by atoms with Gasteiger partial charge in [-0.15, -0.1) is 0 Å². The van der Waals surface area contributed by atoms with Crippen molar-refractivity contribution < 1.29 is 9.59 Å². The zero-order chi connectivity index (χ0) is 14.6. The third-order valence-corrected chi connectivity index (χ3v) is 3.52. The van der Waals surface area contributed by atoms with Gasteiger partial charge in [0.1, 0.15) is 0 Å². The molecule has 2 amide bonds. The predicted octanol–water partition coefficient (Wildman–Crippen LogP) is 2.04. The normalized spacial score (nSPS) is 19.9. The van der Waals surface area contributed by atoms with Crippen molar-refractivity contribution in [2.75, 3.05) is 19.6 Å². The van der Waals surface area contributed by atoms with E-state index in [1.165, 1.54) is 6.42 Å². The molecule has 4 heteroatoms. The Kier molecular flexibility index (Phi) is 5.39. The quantitative estimate of drug-likeness (QED) is 0.848. The van der Waals surface area contributed by atoms with E-state index < -0.39 is 5.41 Å². The summed E-state index contributed by atoms with van der Waals surface area (Å²) in [5.41, 5.74) is -0.439. The van der Waals surface area contributed by atoms with Crippen molar-refractivity contribution in [1.29, 1.82) is 0 Å². The van der Waals surface area contributed by atoms with Gasteiger partial charge in [0, 0.05) is 18.5 Å². The summed E-state index contributed by atoms with van der Waals surface area (Å²) in [6.07, 6.45) is 2.27. The van der Waals surface area contributed by atoms with Gasteiger partial charge in [0.25, 0.3) is 0 Å². The molecule has 1 aliphatic heterocycles. The van der Waals surface area contributed by atoms with Gasteiger partial charge in [-0.2, -0.15) is 0 Å². The maximum absolute atomic E-state index is 12.0. The first kappa shape index (κ1) is 16.0. The van der Waals surface area contributed by atoms with Crippen molar-refractivity contribution in [2.45, 2.75) is 47.5 Å². The summed E-state index contributed by atoms with van der Waals surface area (Å²) in [5.74, 6) is 1.28. The van der Waals surface area contributed by atoms with Crippen molar-refractivity contribution in [3.05, 3.63) is 0 Å². The number of rotatable bonds is 4. The minimum Gasteiger partial charge on any atom is -0.347 e. The first-order valence-electron chi connectivity index (χ1n) is 7.26. The summed E-state index contributed by atoms with van der Waals surface area (Å²) >= 11 is 0. The molecule has 1 fully saturated rings. The number of nitrogens with one attached hydrogen (secondary N) is 1. The monoisotopic (exact) mass is 268 g/mol. The average molecular weight is 268 g/mol. The second-order valence-electron chi connectivity index (χ2n) is 7.06. The van der Waals surface area contributed by atoms with Crippen LogP contribution in [0.4, 0.5) is 0 Å². The molecule has 0 unspecified atom stereocenters. The van der Waals surface area contributed by atoms with E-state index in [9.17, 15) is 9.59 Å². The molecular formula is C15H28N2O2. The maximum atomic E-state index is 12.0. The number of nitrogens with zero attached hydrogens (tertiary/aromatic N) is 1. The third kappa shape index (κ3) is 5.21. The molecule has 0 aromatic carbocycles. The van der Waals surface area contributed by atoms with Crippen LogP contribution in [0.2, 0.25) is 0 Å². The Balaban J connectivity index is 2.34. The Morgan fingerprint density at radius 2 is 1.95 bits per heavy atom. The van der Waals surface area contributed by atoms with Gasteiger partial charge in [0.2, 0.25) is 11.8 Å². The van der Waals surface area contributed by atoms with Crippen LogP contribution in [0, 0.1) is 17.3 Å². The number of likely N-dealkylation sites (tertiary alicyclic amines) is 1. The van der Waals surface area contributed by atoms with Gasteiger partial charge >= 0.3 is 0 Å². The van der Waals surface area contributed by atoms with Crippen LogP contribution in [0.25, 0.3) is 0 Å². The largest absolute Gasteiger partial charge is 0.347 e. The molecule has 1 atom stereocenters. The van der Waals surface area contributed by atoms with Crippen LogP contribution in [0.15, 0.2) is 0 Å². The number of hydrogen-bond donors (Lipinski definition) is 1. The molecule has 0 spiro atoms. The Morgan fingerprint density at radius 3 is 2.47 bits per heavy atom. The van der Waals surface area contributed by atoms with E-state index in [-0.39, 0.29) is 18.4 Å². The van der Waals surface area contributed by atoms with Crippen molar-refractivity contribution in [3.63, 3.8) is 0 Å². The lowest BCUT2D eigenvalue weighted by Crippen LogP contribution is -2.42. The van der Waals surface area contributed by atoms with Crippen LogP contribution >= 0.6 is 0 Å². The van der Waals surface area contributed by atoms with E-state index in [2.05, 4.69) is 19.2 Å². The van der Waals surface area contributed by atoms with Gasteiger partial charge in [0.05, 0.1) is 6.54 Å². The first-order valence-corrected chi connectivity index (χ1v) is 7.26. The van der Waals surface area contributed by atoms with Crippen molar-refractivity contribution in [2.24, 2.45) is 17.3 Å². The topological polar surface area (TPSA) is 49.4 Å². The van der Waals surface area contributed by atoms with Crippen LogP contribution in [-0.4, -0.2) is 36.3 Å². The van der Waals surface area contributed by atoms with E-state index >= 15 is 0 Å². The Bertz CT molecular complexity index is 332. The summed E-state index contributed by atoms with van der Waals surface area (Å²) in [6, 6.07) is 0. The van der Waals surface area contributed by atoms with Crippen molar-refractivity contribution in [1.82, 2.24) is 10.2 Å². The summed E-state index contributed by atoms with van der Waals surface area (Å²) in [5, 5.41) is 2.72. The molecule has 0 aromatic heterocycles. The van der Waals surface area contributed by atoms with Crippen LogP contribution in [0.5, 0.6) is 0 Å². The molecule has 1 heterocycles. The molecule has 0 saturated carbocycles. The van der Waals surface area contributed by atoms with Crippen molar-refractivity contribution >= 4 is 11.8 Å². The lowest BCUT2D eigenvalue weighted by molar-refractivity contribution is -0.134. The fraction of sp³-hybridized carbons (Fsp3) is 0.867. The molecule has 0 radical (unpaired) electrons. The maximum Gasteiger partial charge on any atom is 0.241 e. The number of amides is 2. The van der Waals surface area contributed by atoms with Crippen LogP contribution in [0.1, 0.15) is 47.5 Å². The minimum atomic E-state index is -0.439. The second kappa shape index (κ2) is 6.40. The molecule has 1 N–H and O–H groups in total. The molecule has 1 rings (SSSR count). The van der Waals surface area contributed by atoms with Gasteiger partial charge < -0.3 is 10.2 Å². The Morgan fingerprint density at radius 1 is 1.32 bits per heavy atom. The molecule has 0 bridgehead atoms. The van der Waals surface area contributed by atoms with Crippen molar-refractivity contribution in [3.8, 4) is 0 Å². The predicted molar refractivity (Wildman–Crippen MR) is 76.6 cm³/mol. The fourth-order valence-electron chi connectivity index (χ4n) is 2.45. The smallest absolute Gasteiger partial charge is 0.241 e. The molecule has 19 heavy (non-hydrogen) atoms. The van der Waals surface area contributed by atoms with E-state index in [0.717, 1.165) is 19.5 Å². The van der Waals surface area contributed by atoms with Gasteiger partial charge in [-0.3, -0.25) is 9.59 Å². The molecule has 0 aliphatic carbocycles. The van der Waals surface area contributed by atoms with Gasteiger partial charge in [-0.25, -0.2) is 0 Å². The van der Waals surface area contributed by atoms with E-state index in [1.54, 1.807) is 0 Å². The fourth-order valence-corrected chi connectivity index (χ4v) is 2.45. The van der Waals surface area contributed by atoms with Crippen LogP contribution < -0.4 is 5.32 Å². The summed E-state index contributed by atoms with van der Waals surface area (Å²) in [7, 11) is 0. The number of hydrogen-bond acceptors (Lipinski definition) is 2. The Hall–Kier alpha value is -1.06. The highest BCUT2D eigenvalue weighted by atomic mass is 16.2. The Labute approximate surface area is 116 Å². The zero-order valence-corrected chi connectivity index (χ0v) is 13.0. The molecular weight excluding hydrogens is 240 g/mol. The molecule has 4 nitrogen and oxygen atoms in total. The van der Waals surface area contributed by atoms with Crippen LogP contribution in [-0.2, 0) is 9.59 Å². The second-order valence-corrected chi connectivity index (χ2v) is 7.06. The summed E-state index contributed by atoms with van der Waals surface area (Å²) < 4.78 is 0. The number of carbonyl (C=O) groups excluding carboxylic acids is 2. The molecule has 110 valence electrons. The zero-order valence-electron chi connectivity index (χ0n) is 13.0. The van der Waals surface area contributed by atoms with E-state index in [4.69, 9.17) is 0 Å². The SMILES string of the molecule is CC(C)C[C@H]1CCN(C(=O)CNC(=O)C(C)(C)C)C1. The molecule has 1 saturated heterocycles. The third-order valence-electron chi connectivity index (χ3n) is 3.52.